The van der Waals surface area contributed by atoms with Gasteiger partial charge in [-0.3, -0.25) is 4.90 Å². The summed E-state index contributed by atoms with van der Waals surface area (Å²) in [5, 5.41) is 12.9. The number of nitrogens with zero attached hydrogens (tertiary/aromatic N) is 6. The van der Waals surface area contributed by atoms with E-state index in [-0.39, 0.29) is 11.0 Å². The van der Waals surface area contributed by atoms with E-state index in [0.717, 1.165) is 51.1 Å². The SMILES string of the molecule is N#CCc1ccc(CN2CCC3(CCN(c4ncnn5cc(CC(F)(F)F)cc45)C3)C2)cc1. The molecule has 0 amide bonds. The fourth-order valence-corrected chi connectivity index (χ4v) is 5.27. The van der Waals surface area contributed by atoms with Crippen molar-refractivity contribution in [2.24, 2.45) is 5.41 Å². The summed E-state index contributed by atoms with van der Waals surface area (Å²) >= 11 is 0. The van der Waals surface area contributed by atoms with Gasteiger partial charge < -0.3 is 4.90 Å². The smallest absolute Gasteiger partial charge is 0.354 e. The maximum atomic E-state index is 12.8. The highest BCUT2D eigenvalue weighted by Gasteiger charge is 2.44. The molecule has 1 aromatic carbocycles. The first-order valence-electron chi connectivity index (χ1n) is 11.1. The number of likely N-dealkylation sites (tertiary alicyclic amines) is 1. The van der Waals surface area contributed by atoms with Gasteiger partial charge in [-0.2, -0.15) is 23.5 Å². The van der Waals surface area contributed by atoms with Crippen molar-refractivity contribution in [2.45, 2.75) is 38.4 Å². The van der Waals surface area contributed by atoms with Crippen LogP contribution in [0.4, 0.5) is 19.0 Å². The number of nitriles is 1. The molecule has 2 aliphatic rings. The Balaban J connectivity index is 1.27. The van der Waals surface area contributed by atoms with Crippen molar-refractivity contribution >= 4 is 11.3 Å². The number of benzene rings is 1. The van der Waals surface area contributed by atoms with E-state index in [0.29, 0.717) is 17.8 Å². The molecule has 1 unspecified atom stereocenters. The molecule has 1 atom stereocenters. The molecular formula is C24H25F3N6. The largest absolute Gasteiger partial charge is 0.393 e. The van der Waals surface area contributed by atoms with Crippen LogP contribution in [0.15, 0.2) is 42.9 Å². The molecule has 6 nitrogen and oxygen atoms in total. The third-order valence-electron chi connectivity index (χ3n) is 6.81. The minimum Gasteiger partial charge on any atom is -0.354 e. The molecule has 3 aromatic rings. The molecule has 2 aromatic heterocycles. The third kappa shape index (κ3) is 4.67. The van der Waals surface area contributed by atoms with Crippen molar-refractivity contribution in [3.63, 3.8) is 0 Å². The predicted molar refractivity (Wildman–Crippen MR) is 118 cm³/mol. The van der Waals surface area contributed by atoms with Crippen LogP contribution in [0, 0.1) is 16.7 Å². The van der Waals surface area contributed by atoms with Crippen molar-refractivity contribution in [2.75, 3.05) is 31.1 Å². The summed E-state index contributed by atoms with van der Waals surface area (Å²) in [5.74, 6) is 0.710. The fourth-order valence-electron chi connectivity index (χ4n) is 5.27. The first-order chi connectivity index (χ1) is 15.8. The summed E-state index contributed by atoms with van der Waals surface area (Å²) in [7, 11) is 0. The number of hydrogen-bond acceptors (Lipinski definition) is 5. The van der Waals surface area contributed by atoms with Crippen LogP contribution in [0.2, 0.25) is 0 Å². The Morgan fingerprint density at radius 3 is 2.55 bits per heavy atom. The second kappa shape index (κ2) is 8.34. The van der Waals surface area contributed by atoms with Gasteiger partial charge in [-0.15, -0.1) is 0 Å². The molecule has 9 heteroatoms. The average Bonchev–Trinajstić information content (AvgIpc) is 3.47. The molecule has 172 valence electrons. The molecule has 0 N–H and O–H groups in total. The first kappa shape index (κ1) is 21.7. The molecular weight excluding hydrogens is 429 g/mol. The van der Waals surface area contributed by atoms with E-state index in [4.69, 9.17) is 5.26 Å². The van der Waals surface area contributed by atoms with Crippen molar-refractivity contribution in [3.8, 4) is 6.07 Å². The van der Waals surface area contributed by atoms with E-state index in [1.165, 1.54) is 22.6 Å². The van der Waals surface area contributed by atoms with Gasteiger partial charge in [0.05, 0.1) is 18.9 Å². The highest BCUT2D eigenvalue weighted by molar-refractivity contribution is 5.70. The molecule has 2 saturated heterocycles. The highest BCUT2D eigenvalue weighted by Crippen LogP contribution is 2.42. The van der Waals surface area contributed by atoms with Gasteiger partial charge in [0.25, 0.3) is 0 Å². The zero-order valence-electron chi connectivity index (χ0n) is 18.2. The zero-order valence-corrected chi connectivity index (χ0v) is 18.2. The molecule has 0 aliphatic carbocycles. The van der Waals surface area contributed by atoms with Crippen LogP contribution in [0.5, 0.6) is 0 Å². The molecule has 1 spiro atoms. The third-order valence-corrected chi connectivity index (χ3v) is 6.81. The van der Waals surface area contributed by atoms with Crippen LogP contribution < -0.4 is 4.90 Å². The Bertz CT molecular complexity index is 1180. The Labute approximate surface area is 190 Å². The lowest BCUT2D eigenvalue weighted by Gasteiger charge is -2.25. The van der Waals surface area contributed by atoms with E-state index < -0.39 is 12.6 Å². The summed E-state index contributed by atoms with van der Waals surface area (Å²) in [6.07, 6.45) is 0.208. The Hall–Kier alpha value is -3.12. The van der Waals surface area contributed by atoms with Crippen LogP contribution >= 0.6 is 0 Å². The van der Waals surface area contributed by atoms with E-state index in [9.17, 15) is 13.2 Å². The van der Waals surface area contributed by atoms with Crippen LogP contribution in [0.25, 0.3) is 5.52 Å². The lowest BCUT2D eigenvalue weighted by atomic mass is 9.86. The molecule has 0 radical (unpaired) electrons. The van der Waals surface area contributed by atoms with Gasteiger partial charge in [-0.05, 0) is 42.1 Å². The number of hydrogen-bond donors (Lipinski definition) is 0. The minimum atomic E-state index is -4.25. The monoisotopic (exact) mass is 454 g/mol. The summed E-state index contributed by atoms with van der Waals surface area (Å²) < 4.78 is 40.0. The van der Waals surface area contributed by atoms with E-state index in [1.54, 1.807) is 6.07 Å². The van der Waals surface area contributed by atoms with E-state index in [2.05, 4.69) is 38.1 Å². The van der Waals surface area contributed by atoms with Crippen LogP contribution in [-0.4, -0.2) is 51.9 Å². The van der Waals surface area contributed by atoms with Gasteiger partial charge in [-0.1, -0.05) is 24.3 Å². The first-order valence-corrected chi connectivity index (χ1v) is 11.1. The van der Waals surface area contributed by atoms with Gasteiger partial charge in [0.1, 0.15) is 11.8 Å². The van der Waals surface area contributed by atoms with Crippen LogP contribution in [-0.2, 0) is 19.4 Å². The number of aromatic nitrogens is 3. The normalized spacial score (nSPS) is 21.3. The average molecular weight is 455 g/mol. The summed E-state index contributed by atoms with van der Waals surface area (Å²) in [4.78, 5) is 9.11. The predicted octanol–water partition coefficient (Wildman–Crippen LogP) is 4.00. The summed E-state index contributed by atoms with van der Waals surface area (Å²) in [6.45, 7) is 4.57. The van der Waals surface area contributed by atoms with Gasteiger partial charge in [-0.25, -0.2) is 9.50 Å². The molecule has 2 fully saturated rings. The zero-order chi connectivity index (χ0) is 23.1. The van der Waals surface area contributed by atoms with Crippen molar-refractivity contribution in [1.29, 1.82) is 5.26 Å². The summed E-state index contributed by atoms with van der Waals surface area (Å²) in [5.41, 5.74) is 3.27. The molecule has 33 heavy (non-hydrogen) atoms. The number of rotatable bonds is 5. The van der Waals surface area contributed by atoms with Gasteiger partial charge in [0.2, 0.25) is 0 Å². The highest BCUT2D eigenvalue weighted by atomic mass is 19.4. The molecule has 0 bridgehead atoms. The number of halogens is 3. The number of alkyl halides is 3. The van der Waals surface area contributed by atoms with Crippen molar-refractivity contribution in [3.05, 3.63) is 59.5 Å². The van der Waals surface area contributed by atoms with E-state index in [1.807, 2.05) is 12.1 Å². The molecule has 2 aliphatic heterocycles. The molecule has 5 rings (SSSR count). The lowest BCUT2D eigenvalue weighted by molar-refractivity contribution is -0.127. The van der Waals surface area contributed by atoms with Crippen LogP contribution in [0.1, 0.15) is 29.5 Å². The lowest BCUT2D eigenvalue weighted by Crippen LogP contribution is -2.31. The van der Waals surface area contributed by atoms with Crippen molar-refractivity contribution < 1.29 is 13.2 Å². The van der Waals surface area contributed by atoms with Gasteiger partial charge in [0, 0.05) is 37.8 Å². The maximum absolute atomic E-state index is 12.8. The standard InChI is InChI=1S/C24H25F3N6/c25-24(26,27)12-20-11-21-22(29-17-30-33(21)14-20)32-10-7-23(16-32)6-9-31(15-23)13-19-3-1-18(2-4-19)5-8-28/h1-4,11,14,17H,5-7,9-10,12-13,15-16H2. The quantitative estimate of drug-likeness (QED) is 0.583. The Kier molecular flexibility index (Phi) is 5.49. The Morgan fingerprint density at radius 1 is 1.03 bits per heavy atom. The molecule has 0 saturated carbocycles. The Morgan fingerprint density at radius 2 is 1.79 bits per heavy atom. The number of fused-ring (bicyclic) bond motifs is 1. The van der Waals surface area contributed by atoms with Crippen LogP contribution in [0.3, 0.4) is 0 Å². The second-order valence-corrected chi connectivity index (χ2v) is 9.34. The number of anilines is 1. The summed E-state index contributed by atoms with van der Waals surface area (Å²) in [6, 6.07) is 12.0. The fraction of sp³-hybridized carbons (Fsp3) is 0.458. The minimum absolute atomic E-state index is 0.171. The van der Waals surface area contributed by atoms with E-state index >= 15 is 0 Å². The van der Waals surface area contributed by atoms with Gasteiger partial charge >= 0.3 is 6.18 Å². The second-order valence-electron chi connectivity index (χ2n) is 9.34. The van der Waals surface area contributed by atoms with Gasteiger partial charge in [0.15, 0.2) is 5.82 Å². The topological polar surface area (TPSA) is 60.5 Å². The van der Waals surface area contributed by atoms with Crippen molar-refractivity contribution in [1.82, 2.24) is 19.5 Å². The molecule has 4 heterocycles. The maximum Gasteiger partial charge on any atom is 0.393 e.